The van der Waals surface area contributed by atoms with Gasteiger partial charge in [-0.25, -0.2) is 4.39 Å². The predicted molar refractivity (Wildman–Crippen MR) is 75.7 cm³/mol. The van der Waals surface area contributed by atoms with E-state index in [1.165, 1.54) is 37.8 Å². The van der Waals surface area contributed by atoms with Gasteiger partial charge in [0, 0.05) is 6.04 Å². The fourth-order valence-corrected chi connectivity index (χ4v) is 2.93. The van der Waals surface area contributed by atoms with Crippen molar-refractivity contribution in [3.8, 4) is 0 Å². The molecule has 100 valence electrons. The zero-order valence-corrected chi connectivity index (χ0v) is 11.6. The van der Waals surface area contributed by atoms with E-state index in [4.69, 9.17) is 11.6 Å². The summed E-state index contributed by atoms with van der Waals surface area (Å²) < 4.78 is 13.2. The normalized spacial score (nSPS) is 24.6. The molecule has 1 saturated carbocycles. The fraction of sp³-hybridized carbons (Fsp3) is 0.600. The van der Waals surface area contributed by atoms with Gasteiger partial charge in [0.2, 0.25) is 0 Å². The Balaban J connectivity index is 1.98. The average molecular weight is 270 g/mol. The molecule has 1 aromatic rings. The first-order valence-corrected chi connectivity index (χ1v) is 7.28. The Labute approximate surface area is 114 Å². The summed E-state index contributed by atoms with van der Waals surface area (Å²) in [6.45, 7) is 2.27. The third-order valence-corrected chi connectivity index (χ3v) is 4.28. The Morgan fingerprint density at radius 2 is 2.11 bits per heavy atom. The summed E-state index contributed by atoms with van der Waals surface area (Å²) in [5.74, 6) is 0.627. The number of anilines is 1. The molecule has 0 aromatic heterocycles. The van der Waals surface area contributed by atoms with E-state index in [-0.39, 0.29) is 5.82 Å². The van der Waals surface area contributed by atoms with Gasteiger partial charge in [-0.3, -0.25) is 0 Å². The topological polar surface area (TPSA) is 12.0 Å². The summed E-state index contributed by atoms with van der Waals surface area (Å²) >= 11 is 6.08. The molecule has 2 rings (SSSR count). The van der Waals surface area contributed by atoms with Gasteiger partial charge in [-0.15, -0.1) is 0 Å². The Morgan fingerprint density at radius 3 is 2.89 bits per heavy atom. The van der Waals surface area contributed by atoms with Crippen LogP contribution in [0.5, 0.6) is 0 Å². The van der Waals surface area contributed by atoms with Crippen molar-refractivity contribution in [3.63, 3.8) is 0 Å². The van der Waals surface area contributed by atoms with Crippen LogP contribution in [0.15, 0.2) is 18.2 Å². The van der Waals surface area contributed by atoms with Crippen LogP contribution in [0.2, 0.25) is 5.02 Å². The molecule has 18 heavy (non-hydrogen) atoms. The minimum Gasteiger partial charge on any atom is -0.381 e. The first-order valence-electron chi connectivity index (χ1n) is 6.90. The molecule has 1 aliphatic rings. The number of halogens is 2. The molecule has 1 N–H and O–H groups in total. The number of rotatable bonds is 3. The predicted octanol–water partition coefficient (Wildman–Crippen LogP) is 5.25. The third kappa shape index (κ3) is 3.61. The summed E-state index contributed by atoms with van der Waals surface area (Å²) in [5.41, 5.74) is 0.733. The van der Waals surface area contributed by atoms with E-state index < -0.39 is 0 Å². The van der Waals surface area contributed by atoms with Crippen LogP contribution in [0.25, 0.3) is 0 Å². The Morgan fingerprint density at radius 1 is 1.28 bits per heavy atom. The first-order chi connectivity index (χ1) is 8.69. The van der Waals surface area contributed by atoms with Crippen LogP contribution in [0.3, 0.4) is 0 Å². The lowest BCUT2D eigenvalue weighted by Crippen LogP contribution is -2.18. The van der Waals surface area contributed by atoms with Gasteiger partial charge in [0.1, 0.15) is 5.82 Å². The molecule has 1 aliphatic carbocycles. The van der Waals surface area contributed by atoms with Gasteiger partial charge in [-0.1, -0.05) is 37.8 Å². The van der Waals surface area contributed by atoms with Gasteiger partial charge in [-0.2, -0.15) is 0 Å². The highest BCUT2D eigenvalue weighted by molar-refractivity contribution is 6.33. The van der Waals surface area contributed by atoms with Crippen molar-refractivity contribution in [1.29, 1.82) is 0 Å². The molecular formula is C15H21ClFN. The van der Waals surface area contributed by atoms with Gasteiger partial charge in [-0.05, 0) is 43.4 Å². The maximum atomic E-state index is 13.2. The van der Waals surface area contributed by atoms with Crippen molar-refractivity contribution in [2.45, 2.75) is 51.5 Å². The van der Waals surface area contributed by atoms with E-state index in [0.717, 1.165) is 24.4 Å². The molecule has 0 saturated heterocycles. The fourth-order valence-electron chi connectivity index (χ4n) is 2.76. The first kappa shape index (κ1) is 13.7. The lowest BCUT2D eigenvalue weighted by Gasteiger charge is -2.19. The Kier molecular flexibility index (Phi) is 4.87. The second-order valence-electron chi connectivity index (χ2n) is 5.25. The van der Waals surface area contributed by atoms with Gasteiger partial charge in [0.15, 0.2) is 0 Å². The van der Waals surface area contributed by atoms with E-state index in [0.29, 0.717) is 11.1 Å². The summed E-state index contributed by atoms with van der Waals surface area (Å²) in [7, 11) is 0. The highest BCUT2D eigenvalue weighted by Gasteiger charge is 2.18. The summed E-state index contributed by atoms with van der Waals surface area (Å²) in [6.07, 6.45) is 7.43. The monoisotopic (exact) mass is 269 g/mol. The van der Waals surface area contributed by atoms with Crippen LogP contribution in [0.1, 0.15) is 45.4 Å². The molecule has 0 heterocycles. The zero-order valence-electron chi connectivity index (χ0n) is 10.9. The molecule has 2 unspecified atom stereocenters. The third-order valence-electron chi connectivity index (χ3n) is 3.95. The zero-order chi connectivity index (χ0) is 13.0. The summed E-state index contributed by atoms with van der Waals surface area (Å²) in [5, 5.41) is 4.01. The standard InChI is InChI=1S/C15H21ClFN/c1-2-11-4-3-5-13(8-6-11)18-15-10-12(17)7-9-14(15)16/h7,9-11,13,18H,2-6,8H2,1H3. The van der Waals surface area contributed by atoms with Crippen LogP contribution in [0, 0.1) is 11.7 Å². The van der Waals surface area contributed by atoms with E-state index in [1.807, 2.05) is 0 Å². The highest BCUT2D eigenvalue weighted by Crippen LogP contribution is 2.29. The largest absolute Gasteiger partial charge is 0.381 e. The van der Waals surface area contributed by atoms with Crippen molar-refractivity contribution in [2.75, 3.05) is 5.32 Å². The smallest absolute Gasteiger partial charge is 0.125 e. The van der Waals surface area contributed by atoms with Crippen molar-refractivity contribution >= 4 is 17.3 Å². The van der Waals surface area contributed by atoms with Crippen LogP contribution in [-0.4, -0.2) is 6.04 Å². The number of hydrogen-bond donors (Lipinski definition) is 1. The quantitative estimate of drug-likeness (QED) is 0.739. The lowest BCUT2D eigenvalue weighted by atomic mass is 9.98. The van der Waals surface area contributed by atoms with Crippen molar-refractivity contribution in [2.24, 2.45) is 5.92 Å². The molecule has 1 fully saturated rings. The molecule has 0 bridgehead atoms. The van der Waals surface area contributed by atoms with Crippen LogP contribution < -0.4 is 5.32 Å². The maximum Gasteiger partial charge on any atom is 0.125 e. The molecule has 0 aliphatic heterocycles. The van der Waals surface area contributed by atoms with E-state index in [9.17, 15) is 4.39 Å². The number of hydrogen-bond acceptors (Lipinski definition) is 1. The molecule has 1 aromatic carbocycles. The van der Waals surface area contributed by atoms with Crippen LogP contribution in [-0.2, 0) is 0 Å². The second kappa shape index (κ2) is 6.42. The second-order valence-corrected chi connectivity index (χ2v) is 5.66. The Hall–Kier alpha value is -0.760. The maximum absolute atomic E-state index is 13.2. The molecule has 3 heteroatoms. The van der Waals surface area contributed by atoms with Crippen molar-refractivity contribution in [3.05, 3.63) is 29.0 Å². The van der Waals surface area contributed by atoms with Gasteiger partial charge in [0.05, 0.1) is 10.7 Å². The van der Waals surface area contributed by atoms with Crippen molar-refractivity contribution < 1.29 is 4.39 Å². The molecule has 0 amide bonds. The molecule has 2 atom stereocenters. The van der Waals surface area contributed by atoms with E-state index >= 15 is 0 Å². The molecule has 0 radical (unpaired) electrons. The molecular weight excluding hydrogens is 249 g/mol. The van der Waals surface area contributed by atoms with Crippen molar-refractivity contribution in [1.82, 2.24) is 0 Å². The van der Waals surface area contributed by atoms with Crippen LogP contribution in [0.4, 0.5) is 10.1 Å². The van der Waals surface area contributed by atoms with Crippen LogP contribution >= 0.6 is 11.6 Å². The van der Waals surface area contributed by atoms with E-state index in [2.05, 4.69) is 12.2 Å². The Bertz CT molecular complexity index is 394. The summed E-state index contributed by atoms with van der Waals surface area (Å²) in [6, 6.07) is 4.93. The minimum absolute atomic E-state index is 0.234. The minimum atomic E-state index is -0.234. The SMILES string of the molecule is CCC1CCCC(Nc2cc(F)ccc2Cl)CC1. The van der Waals surface area contributed by atoms with E-state index in [1.54, 1.807) is 6.07 Å². The van der Waals surface area contributed by atoms with Gasteiger partial charge >= 0.3 is 0 Å². The number of benzene rings is 1. The average Bonchev–Trinajstić information content (AvgIpc) is 2.59. The number of nitrogens with one attached hydrogen (secondary N) is 1. The van der Waals surface area contributed by atoms with Gasteiger partial charge < -0.3 is 5.32 Å². The molecule has 0 spiro atoms. The lowest BCUT2D eigenvalue weighted by molar-refractivity contribution is 0.444. The highest BCUT2D eigenvalue weighted by atomic mass is 35.5. The van der Waals surface area contributed by atoms with Gasteiger partial charge in [0.25, 0.3) is 0 Å². The summed E-state index contributed by atoms with van der Waals surface area (Å²) in [4.78, 5) is 0. The molecule has 1 nitrogen and oxygen atoms in total.